The topological polar surface area (TPSA) is 0 Å². The van der Waals surface area contributed by atoms with Crippen molar-refractivity contribution in [3.05, 3.63) is 32.9 Å². The zero-order chi connectivity index (χ0) is 8.27. The van der Waals surface area contributed by atoms with Crippen molar-refractivity contribution in [1.29, 1.82) is 0 Å². The van der Waals surface area contributed by atoms with Crippen LogP contribution in [0.3, 0.4) is 0 Å². The van der Waals surface area contributed by atoms with Crippen molar-refractivity contribution in [1.82, 2.24) is 0 Å². The van der Waals surface area contributed by atoms with Crippen LogP contribution in [0.25, 0.3) is 0 Å². The van der Waals surface area contributed by atoms with Gasteiger partial charge in [0.05, 0.1) is 0 Å². The van der Waals surface area contributed by atoms with E-state index in [2.05, 4.69) is 54.6 Å². The van der Waals surface area contributed by atoms with Gasteiger partial charge in [0.1, 0.15) is 0 Å². The molecule has 11 heavy (non-hydrogen) atoms. The van der Waals surface area contributed by atoms with Crippen LogP contribution in [0.2, 0.25) is 0 Å². The van der Waals surface area contributed by atoms with Crippen LogP contribution in [0.15, 0.2) is 18.2 Å². The highest BCUT2D eigenvalue weighted by Crippen LogP contribution is 2.05. The standard InChI is InChI=1S/C10H14I/c1-3-4-9-5-6-10(11)8(2)7-9/h5-7,11H,3-4H2,1-2H3/q+1. The predicted octanol–water partition coefficient (Wildman–Crippen LogP) is -0.597. The molecule has 1 aromatic rings. The maximum Gasteiger partial charge on any atom is 0.296 e. The van der Waals surface area contributed by atoms with Gasteiger partial charge in [-0.3, -0.25) is 0 Å². The molecule has 0 atom stereocenters. The molecule has 0 aliphatic carbocycles. The molecular formula is C10H14I+. The Bertz CT molecular complexity index is 241. The van der Waals surface area contributed by atoms with Crippen LogP contribution in [0.4, 0.5) is 0 Å². The lowest BCUT2D eigenvalue weighted by atomic mass is 10.1. The van der Waals surface area contributed by atoms with Gasteiger partial charge in [0.15, 0.2) is 3.57 Å². The second kappa shape index (κ2) is 4.10. The fourth-order valence-electron chi connectivity index (χ4n) is 1.16. The van der Waals surface area contributed by atoms with Crippen molar-refractivity contribution in [2.45, 2.75) is 26.7 Å². The van der Waals surface area contributed by atoms with E-state index in [9.17, 15) is 0 Å². The molecule has 0 aliphatic heterocycles. The average molecular weight is 261 g/mol. The summed E-state index contributed by atoms with van der Waals surface area (Å²) in [7, 11) is 0. The summed E-state index contributed by atoms with van der Waals surface area (Å²) in [4.78, 5) is 0. The summed E-state index contributed by atoms with van der Waals surface area (Å²) in [5.74, 6) is 0. The van der Waals surface area contributed by atoms with E-state index in [0.717, 1.165) is 0 Å². The Hall–Kier alpha value is -0.0500. The number of rotatable bonds is 2. The minimum Gasteiger partial charge on any atom is -0.0651 e. The summed E-state index contributed by atoms with van der Waals surface area (Å²) in [6, 6.07) is 6.74. The number of aryl methyl sites for hydroxylation is 2. The molecule has 0 radical (unpaired) electrons. The van der Waals surface area contributed by atoms with Gasteiger partial charge in [0, 0.05) is 5.56 Å². The zero-order valence-electron chi connectivity index (χ0n) is 7.05. The van der Waals surface area contributed by atoms with Crippen LogP contribution < -0.4 is 22.6 Å². The largest absolute Gasteiger partial charge is 0.296 e. The summed E-state index contributed by atoms with van der Waals surface area (Å²) in [6.45, 7) is 4.40. The summed E-state index contributed by atoms with van der Waals surface area (Å²) >= 11 is 2.09. The Morgan fingerprint density at radius 3 is 2.64 bits per heavy atom. The van der Waals surface area contributed by atoms with Crippen molar-refractivity contribution in [3.8, 4) is 0 Å². The second-order valence-corrected chi connectivity index (χ2v) is 4.11. The van der Waals surface area contributed by atoms with Gasteiger partial charge in [-0.1, -0.05) is 25.5 Å². The molecule has 0 unspecified atom stereocenters. The van der Waals surface area contributed by atoms with Gasteiger partial charge in [-0.05, 0) is 25.0 Å². The Kier molecular flexibility index (Phi) is 3.37. The molecule has 0 N–H and O–H groups in total. The number of hydrogen-bond donors (Lipinski definition) is 0. The number of benzene rings is 1. The molecule has 1 rings (SSSR count). The van der Waals surface area contributed by atoms with Crippen molar-refractivity contribution in [2.75, 3.05) is 0 Å². The third-order valence-electron chi connectivity index (χ3n) is 1.78. The lowest BCUT2D eigenvalue weighted by molar-refractivity contribution is -0.329. The third kappa shape index (κ3) is 2.47. The highest BCUT2D eigenvalue weighted by molar-refractivity contribution is 5.21. The number of halogens is 1. The Morgan fingerprint density at radius 2 is 2.09 bits per heavy atom. The first-order valence-corrected chi connectivity index (χ1v) is 5.17. The van der Waals surface area contributed by atoms with Gasteiger partial charge in [-0.25, -0.2) is 0 Å². The van der Waals surface area contributed by atoms with Crippen molar-refractivity contribution < 1.29 is 22.6 Å². The monoisotopic (exact) mass is 261 g/mol. The van der Waals surface area contributed by atoms with E-state index in [1.54, 1.807) is 0 Å². The number of hydrogen-bond acceptors (Lipinski definition) is 0. The van der Waals surface area contributed by atoms with Gasteiger partial charge in [0.25, 0.3) is 22.6 Å². The van der Waals surface area contributed by atoms with Crippen molar-refractivity contribution in [3.63, 3.8) is 0 Å². The predicted molar refractivity (Wildman–Crippen MR) is 45.3 cm³/mol. The maximum atomic E-state index is 2.29. The third-order valence-corrected chi connectivity index (χ3v) is 3.09. The van der Waals surface area contributed by atoms with E-state index in [0.29, 0.717) is 0 Å². The second-order valence-electron chi connectivity index (χ2n) is 2.85. The molecule has 0 heterocycles. The van der Waals surface area contributed by atoms with Crippen LogP contribution in [-0.4, -0.2) is 0 Å². The summed E-state index contributed by atoms with van der Waals surface area (Å²) < 4.78 is 1.40. The van der Waals surface area contributed by atoms with E-state index in [1.807, 2.05) is 0 Å². The molecule has 0 amide bonds. The molecule has 0 saturated heterocycles. The summed E-state index contributed by atoms with van der Waals surface area (Å²) in [5, 5.41) is 0. The SMILES string of the molecule is CCCc1ccc([IH+])c(C)c1. The van der Waals surface area contributed by atoms with E-state index < -0.39 is 0 Å². The Balaban J connectivity index is 2.86. The van der Waals surface area contributed by atoms with Crippen LogP contribution in [0.5, 0.6) is 0 Å². The van der Waals surface area contributed by atoms with Crippen LogP contribution in [0, 0.1) is 10.5 Å². The first-order valence-electron chi connectivity index (χ1n) is 4.00. The molecule has 0 bridgehead atoms. The molecule has 0 spiro atoms. The van der Waals surface area contributed by atoms with E-state index in [4.69, 9.17) is 0 Å². The van der Waals surface area contributed by atoms with Crippen molar-refractivity contribution >= 4 is 0 Å². The highest BCUT2D eigenvalue weighted by Gasteiger charge is 2.01. The maximum absolute atomic E-state index is 2.29. The molecule has 0 nitrogen and oxygen atoms in total. The highest BCUT2D eigenvalue weighted by atomic mass is 127. The average Bonchev–Trinajstić information content (AvgIpc) is 1.98. The Labute approximate surface area is 82.2 Å². The minimum atomic E-state index is 1.21. The lowest BCUT2D eigenvalue weighted by Gasteiger charge is -1.98. The van der Waals surface area contributed by atoms with Crippen LogP contribution in [-0.2, 0) is 6.42 Å². The van der Waals surface area contributed by atoms with E-state index in [1.165, 1.54) is 27.5 Å². The molecule has 0 fully saturated rings. The van der Waals surface area contributed by atoms with E-state index in [-0.39, 0.29) is 0 Å². The quantitative estimate of drug-likeness (QED) is 0.624. The molecule has 1 aromatic carbocycles. The van der Waals surface area contributed by atoms with Gasteiger partial charge < -0.3 is 0 Å². The normalized spacial score (nSPS) is 10.1. The van der Waals surface area contributed by atoms with Gasteiger partial charge in [0.2, 0.25) is 0 Å². The molecule has 1 heteroatoms. The fourth-order valence-corrected chi connectivity index (χ4v) is 1.52. The Morgan fingerprint density at radius 1 is 1.36 bits per heavy atom. The molecule has 60 valence electrons. The summed E-state index contributed by atoms with van der Waals surface area (Å²) in [5.41, 5.74) is 2.89. The molecule has 0 aliphatic rings. The van der Waals surface area contributed by atoms with Gasteiger partial charge in [-0.15, -0.1) is 0 Å². The van der Waals surface area contributed by atoms with Crippen LogP contribution in [0.1, 0.15) is 24.5 Å². The van der Waals surface area contributed by atoms with Gasteiger partial charge >= 0.3 is 0 Å². The fraction of sp³-hybridized carbons (Fsp3) is 0.400. The van der Waals surface area contributed by atoms with Gasteiger partial charge in [-0.2, -0.15) is 0 Å². The molecule has 0 saturated carbocycles. The first kappa shape index (κ1) is 9.04. The minimum absolute atomic E-state index is 1.21. The zero-order valence-corrected chi connectivity index (χ0v) is 9.38. The smallest absolute Gasteiger partial charge is 0.0651 e. The lowest BCUT2D eigenvalue weighted by Crippen LogP contribution is -3.34. The molecule has 0 aromatic heterocycles. The van der Waals surface area contributed by atoms with Crippen molar-refractivity contribution in [2.24, 2.45) is 0 Å². The molecular weight excluding hydrogens is 247 g/mol. The van der Waals surface area contributed by atoms with Crippen LogP contribution >= 0.6 is 0 Å². The first-order chi connectivity index (χ1) is 5.24. The summed E-state index contributed by atoms with van der Waals surface area (Å²) in [6.07, 6.45) is 2.45. The van der Waals surface area contributed by atoms with E-state index >= 15 is 0 Å².